The molecule has 1 aliphatic rings. The van der Waals surface area contributed by atoms with E-state index in [4.69, 9.17) is 11.6 Å². The maximum absolute atomic E-state index is 12.5. The van der Waals surface area contributed by atoms with Crippen molar-refractivity contribution in [1.82, 2.24) is 20.1 Å². The minimum Gasteiger partial charge on any atom is -0.388 e. The van der Waals surface area contributed by atoms with E-state index in [1.54, 1.807) is 4.90 Å². The molecule has 0 bridgehead atoms. The highest BCUT2D eigenvalue weighted by atomic mass is 35.5. The zero-order chi connectivity index (χ0) is 19.6. The van der Waals surface area contributed by atoms with Crippen molar-refractivity contribution in [2.45, 2.75) is 12.9 Å². The lowest BCUT2D eigenvalue weighted by Crippen LogP contribution is -2.50. The van der Waals surface area contributed by atoms with Crippen LogP contribution in [0.2, 0.25) is 5.02 Å². The van der Waals surface area contributed by atoms with Gasteiger partial charge in [0, 0.05) is 24.8 Å². The smallest absolute Gasteiger partial charge is 0.388 e. The van der Waals surface area contributed by atoms with Crippen molar-refractivity contribution in [1.29, 1.82) is 0 Å². The van der Waals surface area contributed by atoms with Gasteiger partial charge in [-0.25, -0.2) is 10.1 Å². The number of pyridine rings is 1. The predicted molar refractivity (Wildman–Crippen MR) is 88.4 cm³/mol. The second-order valence-corrected chi connectivity index (χ2v) is 6.03. The summed E-state index contributed by atoms with van der Waals surface area (Å²) in [4.78, 5) is 30.5. The van der Waals surface area contributed by atoms with Crippen LogP contribution in [0.15, 0.2) is 29.3 Å². The highest BCUT2D eigenvalue weighted by molar-refractivity contribution is 6.33. The topological polar surface area (TPSA) is 91.4 Å². The van der Waals surface area contributed by atoms with Gasteiger partial charge in [-0.1, -0.05) is 17.7 Å². The zero-order valence-electron chi connectivity index (χ0n) is 13.7. The average Bonchev–Trinajstić information content (AvgIpc) is 2.59. The third-order valence-corrected chi connectivity index (χ3v) is 4.23. The van der Waals surface area contributed by atoms with Crippen molar-refractivity contribution in [3.8, 4) is 5.88 Å². The summed E-state index contributed by atoms with van der Waals surface area (Å²) >= 11 is 5.94. The molecule has 3 rings (SSSR count). The molecule has 3 heterocycles. The lowest BCUT2D eigenvalue weighted by molar-refractivity contribution is -0.276. The number of piperazine rings is 1. The number of carbonyl (C=O) groups is 1. The molecule has 2 aromatic heterocycles. The van der Waals surface area contributed by atoms with E-state index in [1.165, 1.54) is 29.4 Å². The van der Waals surface area contributed by atoms with Crippen LogP contribution in [0.5, 0.6) is 5.88 Å². The second-order valence-electron chi connectivity index (χ2n) is 5.65. The van der Waals surface area contributed by atoms with E-state index in [0.717, 1.165) is 0 Å². The maximum Gasteiger partial charge on any atom is 0.574 e. The van der Waals surface area contributed by atoms with E-state index in [2.05, 4.69) is 19.9 Å². The zero-order valence-corrected chi connectivity index (χ0v) is 14.4. The Morgan fingerprint density at radius 2 is 2.07 bits per heavy atom. The summed E-state index contributed by atoms with van der Waals surface area (Å²) in [5.74, 6) is -0.943. The largest absolute Gasteiger partial charge is 0.574 e. The summed E-state index contributed by atoms with van der Waals surface area (Å²) in [6.07, 6.45) is -2.37. The average molecular weight is 404 g/mol. The molecule has 0 unspecified atom stereocenters. The molecular weight excluding hydrogens is 391 g/mol. The highest BCUT2D eigenvalue weighted by Gasteiger charge is 2.33. The van der Waals surface area contributed by atoms with Crippen molar-refractivity contribution in [3.05, 3.63) is 45.5 Å². The number of alkyl halides is 3. The summed E-state index contributed by atoms with van der Waals surface area (Å²) in [5, 5.41) is 5.76. The number of nitrogens with zero attached hydrogens (tertiary/aromatic N) is 4. The number of nitrogens with one attached hydrogen (secondary N) is 1. The molecule has 1 saturated heterocycles. The van der Waals surface area contributed by atoms with Gasteiger partial charge in [0.05, 0.1) is 25.0 Å². The number of ether oxygens (including phenoxy) is 1. The van der Waals surface area contributed by atoms with Crippen LogP contribution >= 0.6 is 11.6 Å². The third kappa shape index (κ3) is 4.48. The minimum absolute atomic E-state index is 0.0839. The lowest BCUT2D eigenvalue weighted by Gasteiger charge is -2.35. The molecule has 0 aromatic carbocycles. The van der Waals surface area contributed by atoms with E-state index in [-0.39, 0.29) is 36.1 Å². The molecule has 12 heteroatoms. The summed E-state index contributed by atoms with van der Waals surface area (Å²) in [6.45, 7) is 0.350. The molecule has 2 aromatic rings. The SMILES string of the molecule is O=C1CN(c2cn[nH]c(=O)c2Cl)CCN1Cc1cccnc1OC(F)(F)F. The van der Waals surface area contributed by atoms with Gasteiger partial charge in [0.1, 0.15) is 5.02 Å². The first-order chi connectivity index (χ1) is 12.7. The number of aromatic nitrogens is 3. The molecule has 1 N–H and O–H groups in total. The molecule has 0 aliphatic carbocycles. The van der Waals surface area contributed by atoms with E-state index in [1.807, 2.05) is 0 Å². The van der Waals surface area contributed by atoms with Crippen LogP contribution in [0.25, 0.3) is 0 Å². The molecule has 1 fully saturated rings. The number of hydrogen-bond acceptors (Lipinski definition) is 6. The minimum atomic E-state index is -4.88. The van der Waals surface area contributed by atoms with Gasteiger partial charge in [0.2, 0.25) is 11.8 Å². The Bertz CT molecular complexity index is 905. The van der Waals surface area contributed by atoms with Crippen molar-refractivity contribution in [2.75, 3.05) is 24.5 Å². The first-order valence-electron chi connectivity index (χ1n) is 7.70. The monoisotopic (exact) mass is 403 g/mol. The predicted octanol–water partition coefficient (Wildman–Crippen LogP) is 1.57. The summed E-state index contributed by atoms with van der Waals surface area (Å²) in [6, 6.07) is 2.87. The number of halogens is 4. The Morgan fingerprint density at radius 3 is 2.78 bits per heavy atom. The fourth-order valence-electron chi connectivity index (χ4n) is 2.63. The lowest BCUT2D eigenvalue weighted by atomic mass is 10.2. The van der Waals surface area contributed by atoms with Gasteiger partial charge in [-0.15, -0.1) is 13.2 Å². The van der Waals surface area contributed by atoms with Crippen LogP contribution in [0.1, 0.15) is 5.56 Å². The van der Waals surface area contributed by atoms with Crippen molar-refractivity contribution in [3.63, 3.8) is 0 Å². The highest BCUT2D eigenvalue weighted by Crippen LogP contribution is 2.26. The molecule has 0 atom stereocenters. The van der Waals surface area contributed by atoms with Crippen LogP contribution in [0, 0.1) is 0 Å². The Hall–Kier alpha value is -2.82. The van der Waals surface area contributed by atoms with Crippen LogP contribution in [0.3, 0.4) is 0 Å². The summed E-state index contributed by atoms with van der Waals surface area (Å²) in [7, 11) is 0. The van der Waals surface area contributed by atoms with Crippen LogP contribution < -0.4 is 15.2 Å². The fourth-order valence-corrected chi connectivity index (χ4v) is 2.84. The van der Waals surface area contributed by atoms with Crippen molar-refractivity contribution >= 4 is 23.2 Å². The molecule has 8 nitrogen and oxygen atoms in total. The number of carbonyl (C=O) groups excluding carboxylic acids is 1. The standard InChI is InChI=1S/C15H13ClF3N5O3/c16-12-10(6-21-22-13(12)26)23-4-5-24(11(25)8-23)7-9-2-1-3-20-14(9)27-15(17,18)19/h1-3,6H,4-5,7-8H2,(H,22,26). The maximum atomic E-state index is 12.5. The van der Waals surface area contributed by atoms with Crippen LogP contribution in [0.4, 0.5) is 18.9 Å². The number of anilines is 1. The Labute approximate surface area is 155 Å². The van der Waals surface area contributed by atoms with Gasteiger partial charge in [0.15, 0.2) is 0 Å². The van der Waals surface area contributed by atoms with Crippen molar-refractivity contribution in [2.24, 2.45) is 0 Å². The van der Waals surface area contributed by atoms with Gasteiger partial charge in [0.25, 0.3) is 5.56 Å². The van der Waals surface area contributed by atoms with E-state index in [9.17, 15) is 22.8 Å². The molecule has 0 spiro atoms. The summed E-state index contributed by atoms with van der Waals surface area (Å²) in [5.41, 5.74) is -0.128. The quantitative estimate of drug-likeness (QED) is 0.833. The van der Waals surface area contributed by atoms with Gasteiger partial charge in [-0.05, 0) is 6.07 Å². The Balaban J connectivity index is 1.72. The molecule has 1 amide bonds. The number of rotatable bonds is 4. The first-order valence-corrected chi connectivity index (χ1v) is 8.08. The molecule has 27 heavy (non-hydrogen) atoms. The molecule has 1 aliphatic heterocycles. The Kier molecular flexibility index (Phi) is 5.22. The van der Waals surface area contributed by atoms with Crippen LogP contribution in [-0.4, -0.2) is 52.0 Å². The fraction of sp³-hybridized carbons (Fsp3) is 0.333. The van der Waals surface area contributed by atoms with Crippen LogP contribution in [-0.2, 0) is 11.3 Å². The van der Waals surface area contributed by atoms with Gasteiger partial charge in [-0.2, -0.15) is 5.10 Å². The Morgan fingerprint density at radius 1 is 1.30 bits per heavy atom. The molecular formula is C15H13ClF3N5O3. The first kappa shape index (κ1) is 19.0. The van der Waals surface area contributed by atoms with E-state index in [0.29, 0.717) is 12.2 Å². The van der Waals surface area contributed by atoms with E-state index < -0.39 is 17.8 Å². The number of aromatic amines is 1. The molecule has 0 radical (unpaired) electrons. The van der Waals surface area contributed by atoms with Gasteiger partial charge >= 0.3 is 6.36 Å². The number of amides is 1. The second kappa shape index (κ2) is 7.43. The normalized spacial score (nSPS) is 15.2. The third-order valence-electron chi connectivity index (χ3n) is 3.86. The molecule has 144 valence electrons. The van der Waals surface area contributed by atoms with Crippen molar-refractivity contribution < 1.29 is 22.7 Å². The number of H-pyrrole nitrogens is 1. The summed E-state index contributed by atoms with van der Waals surface area (Å²) < 4.78 is 41.4. The number of hydrogen-bond donors (Lipinski definition) is 1. The van der Waals surface area contributed by atoms with E-state index >= 15 is 0 Å². The van der Waals surface area contributed by atoms with Gasteiger partial charge in [-0.3, -0.25) is 9.59 Å². The molecule has 0 saturated carbocycles. The van der Waals surface area contributed by atoms with Gasteiger partial charge < -0.3 is 14.5 Å².